The number of allylic oxidation sites excluding steroid dienone is 3. The first-order chi connectivity index (χ1) is 7.67. The van der Waals surface area contributed by atoms with Crippen molar-refractivity contribution in [3.05, 3.63) is 36.3 Å². The lowest BCUT2D eigenvalue weighted by molar-refractivity contribution is -0.104. The molecule has 0 spiro atoms. The fraction of sp³-hybridized carbons (Fsp3) is 0.182. The first-order valence-electron chi connectivity index (χ1n) is 4.61. The predicted molar refractivity (Wildman–Crippen MR) is 67.3 cm³/mol. The lowest BCUT2D eigenvalue weighted by Crippen LogP contribution is -2.21. The smallest absolute Gasteiger partial charge is 0.151 e. The van der Waals surface area contributed by atoms with E-state index in [1.165, 1.54) is 18.5 Å². The molecule has 0 bridgehead atoms. The average molecular weight is 220 g/mol. The van der Waals surface area contributed by atoms with Gasteiger partial charge in [0.05, 0.1) is 5.70 Å². The molecule has 0 atom stereocenters. The Balaban J connectivity index is 4.62. The maximum atomic E-state index is 10.4. The zero-order valence-corrected chi connectivity index (χ0v) is 9.47. The molecular weight excluding hydrogens is 204 g/mol. The number of aliphatic imine (C=N–C) groups is 2. The van der Waals surface area contributed by atoms with E-state index in [-0.39, 0.29) is 0 Å². The highest BCUT2D eigenvalue weighted by atomic mass is 16.1. The molecule has 0 aromatic rings. The van der Waals surface area contributed by atoms with Gasteiger partial charge in [-0.05, 0) is 6.92 Å². The number of rotatable bonds is 5. The number of carbonyl (C=O) groups excluding carboxylic acids is 1. The number of nitrogens with zero attached hydrogens (tertiary/aromatic N) is 2. The summed E-state index contributed by atoms with van der Waals surface area (Å²) in [6, 6.07) is 0. The van der Waals surface area contributed by atoms with Crippen molar-refractivity contribution in [1.29, 1.82) is 0 Å². The fourth-order valence-electron chi connectivity index (χ4n) is 0.800. The summed E-state index contributed by atoms with van der Waals surface area (Å²) in [6.45, 7) is 5.22. The molecule has 5 heteroatoms. The molecule has 0 amide bonds. The minimum Gasteiger partial charge on any atom is -0.403 e. The monoisotopic (exact) mass is 220 g/mol. The molecular formula is C11H16N4O. The fourth-order valence-corrected chi connectivity index (χ4v) is 0.800. The number of nitrogens with one attached hydrogen (secondary N) is 1. The largest absolute Gasteiger partial charge is 0.403 e. The summed E-state index contributed by atoms with van der Waals surface area (Å²) in [5.41, 5.74) is 6.39. The third-order valence-electron chi connectivity index (χ3n) is 1.55. The molecule has 86 valence electrons. The summed E-state index contributed by atoms with van der Waals surface area (Å²) < 4.78 is 0. The topological polar surface area (TPSA) is 79.8 Å². The van der Waals surface area contributed by atoms with Crippen molar-refractivity contribution in [2.24, 2.45) is 15.7 Å². The van der Waals surface area contributed by atoms with Gasteiger partial charge in [0.1, 0.15) is 5.84 Å². The van der Waals surface area contributed by atoms with Gasteiger partial charge in [-0.3, -0.25) is 9.79 Å². The van der Waals surface area contributed by atoms with Gasteiger partial charge in [0.15, 0.2) is 6.29 Å². The third-order valence-corrected chi connectivity index (χ3v) is 1.55. The van der Waals surface area contributed by atoms with Crippen LogP contribution in [0.15, 0.2) is 46.3 Å². The van der Waals surface area contributed by atoms with E-state index in [1.807, 2.05) is 0 Å². The second-order valence-electron chi connectivity index (χ2n) is 2.80. The van der Waals surface area contributed by atoms with Crippen molar-refractivity contribution in [3.63, 3.8) is 0 Å². The Morgan fingerprint density at radius 3 is 2.62 bits per heavy atom. The first kappa shape index (κ1) is 13.8. The second kappa shape index (κ2) is 8.16. The van der Waals surface area contributed by atoms with E-state index in [1.54, 1.807) is 20.2 Å². The minimum absolute atomic E-state index is 0.406. The molecule has 0 aliphatic heterocycles. The van der Waals surface area contributed by atoms with Crippen molar-refractivity contribution < 1.29 is 4.79 Å². The molecule has 5 nitrogen and oxygen atoms in total. The number of hydrogen-bond acceptors (Lipinski definition) is 4. The zero-order valence-electron chi connectivity index (χ0n) is 9.47. The molecule has 0 radical (unpaired) electrons. The van der Waals surface area contributed by atoms with Gasteiger partial charge < -0.3 is 11.1 Å². The molecule has 0 aliphatic rings. The van der Waals surface area contributed by atoms with E-state index in [0.29, 0.717) is 23.4 Å². The molecule has 0 aromatic carbocycles. The van der Waals surface area contributed by atoms with Gasteiger partial charge in [0.25, 0.3) is 0 Å². The summed E-state index contributed by atoms with van der Waals surface area (Å²) >= 11 is 0. The van der Waals surface area contributed by atoms with E-state index in [9.17, 15) is 4.79 Å². The van der Waals surface area contributed by atoms with Crippen molar-refractivity contribution in [2.45, 2.75) is 6.92 Å². The standard InChI is InChI=1S/C11H16N4O/c1-4-10(8-16)6-14-9(2)15-11(5-12)7-13-3/h4-8H,1,12H2,2-3H3,(H,14,15)/b10-6+,11-5+,13-7?. The minimum atomic E-state index is 0.406. The van der Waals surface area contributed by atoms with Gasteiger partial charge in [0, 0.05) is 31.2 Å². The normalized spacial score (nSPS) is 14.0. The van der Waals surface area contributed by atoms with Crippen LogP contribution in [0.4, 0.5) is 0 Å². The van der Waals surface area contributed by atoms with Crippen molar-refractivity contribution in [3.8, 4) is 0 Å². The molecule has 0 unspecified atom stereocenters. The highest BCUT2D eigenvalue weighted by molar-refractivity contribution is 5.90. The summed E-state index contributed by atoms with van der Waals surface area (Å²) in [5.74, 6) is 0.595. The number of carbonyl (C=O) groups is 1. The van der Waals surface area contributed by atoms with Crippen LogP contribution in [0.2, 0.25) is 0 Å². The average Bonchev–Trinajstić information content (AvgIpc) is 2.29. The molecule has 0 saturated carbocycles. The van der Waals surface area contributed by atoms with Gasteiger partial charge in [-0.1, -0.05) is 12.7 Å². The highest BCUT2D eigenvalue weighted by Crippen LogP contribution is 1.91. The van der Waals surface area contributed by atoms with E-state index in [0.717, 1.165) is 0 Å². The Morgan fingerprint density at radius 1 is 1.50 bits per heavy atom. The van der Waals surface area contributed by atoms with E-state index in [2.05, 4.69) is 21.9 Å². The van der Waals surface area contributed by atoms with Crippen LogP contribution in [0.1, 0.15) is 6.92 Å². The van der Waals surface area contributed by atoms with E-state index in [4.69, 9.17) is 5.73 Å². The SMILES string of the molecule is C=C/C(C=O)=C\N=C(C)N/C(C=NC)=C/N. The van der Waals surface area contributed by atoms with Gasteiger partial charge in [0.2, 0.25) is 0 Å². The lowest BCUT2D eigenvalue weighted by atomic mass is 10.3. The summed E-state index contributed by atoms with van der Waals surface area (Å²) in [6.07, 6.45) is 6.47. The van der Waals surface area contributed by atoms with Crippen molar-refractivity contribution >= 4 is 18.3 Å². The van der Waals surface area contributed by atoms with Crippen LogP contribution in [-0.2, 0) is 4.79 Å². The number of hydrogen-bond donors (Lipinski definition) is 2. The molecule has 0 aromatic heterocycles. The molecule has 0 fully saturated rings. The van der Waals surface area contributed by atoms with Crippen molar-refractivity contribution in [1.82, 2.24) is 5.32 Å². The quantitative estimate of drug-likeness (QED) is 0.236. The van der Waals surface area contributed by atoms with Gasteiger partial charge >= 0.3 is 0 Å². The van der Waals surface area contributed by atoms with Gasteiger partial charge in [-0.2, -0.15) is 0 Å². The van der Waals surface area contributed by atoms with Gasteiger partial charge in [-0.15, -0.1) is 0 Å². The summed E-state index contributed by atoms with van der Waals surface area (Å²) in [4.78, 5) is 18.3. The molecule has 16 heavy (non-hydrogen) atoms. The van der Waals surface area contributed by atoms with Crippen LogP contribution < -0.4 is 11.1 Å². The Hall–Kier alpha value is -2.17. The van der Waals surface area contributed by atoms with E-state index < -0.39 is 0 Å². The van der Waals surface area contributed by atoms with Crippen molar-refractivity contribution in [2.75, 3.05) is 7.05 Å². The Labute approximate surface area is 95.2 Å². The number of aldehydes is 1. The van der Waals surface area contributed by atoms with Crippen LogP contribution >= 0.6 is 0 Å². The molecule has 0 aliphatic carbocycles. The van der Waals surface area contributed by atoms with Crippen LogP contribution in [0, 0.1) is 0 Å². The van der Waals surface area contributed by atoms with Crippen LogP contribution in [0.5, 0.6) is 0 Å². The summed E-state index contributed by atoms with van der Waals surface area (Å²) in [7, 11) is 1.64. The predicted octanol–water partition coefficient (Wildman–Crippen LogP) is 0.764. The molecule has 0 heterocycles. The number of amidine groups is 1. The van der Waals surface area contributed by atoms with Crippen LogP contribution in [0.25, 0.3) is 0 Å². The Kier molecular flexibility index (Phi) is 7.06. The second-order valence-corrected chi connectivity index (χ2v) is 2.80. The Morgan fingerprint density at radius 2 is 2.19 bits per heavy atom. The first-order valence-corrected chi connectivity index (χ1v) is 4.61. The zero-order chi connectivity index (χ0) is 12.4. The maximum absolute atomic E-state index is 10.4. The number of nitrogens with two attached hydrogens (primary N) is 1. The maximum Gasteiger partial charge on any atom is 0.151 e. The van der Waals surface area contributed by atoms with Crippen LogP contribution in [0.3, 0.4) is 0 Å². The van der Waals surface area contributed by atoms with Gasteiger partial charge in [-0.25, -0.2) is 4.99 Å². The Bertz CT molecular complexity index is 354. The molecule has 0 rings (SSSR count). The van der Waals surface area contributed by atoms with Crippen LogP contribution in [-0.4, -0.2) is 25.4 Å². The molecule has 3 N–H and O–H groups in total. The summed E-state index contributed by atoms with van der Waals surface area (Å²) in [5, 5.41) is 2.91. The van der Waals surface area contributed by atoms with E-state index >= 15 is 0 Å². The lowest BCUT2D eigenvalue weighted by Gasteiger charge is -2.03. The third kappa shape index (κ3) is 5.54. The molecule has 0 saturated heterocycles. The highest BCUT2D eigenvalue weighted by Gasteiger charge is 1.93.